The first-order valence-corrected chi connectivity index (χ1v) is 9.53. The third kappa shape index (κ3) is 3.71. The Balaban J connectivity index is 1.60. The van der Waals surface area contributed by atoms with Gasteiger partial charge in [-0.15, -0.1) is 0 Å². The quantitative estimate of drug-likeness (QED) is 0.739. The standard InChI is InChI=1S/C15H25N3O4S/c1-21-15-4-2-3-14(13-15)16-5-7-17(8-6-16)23(19,20)18-9-11-22-12-10-18/h3,13H,2,4-12H2,1H3. The van der Waals surface area contributed by atoms with Crippen molar-refractivity contribution in [1.29, 1.82) is 0 Å². The van der Waals surface area contributed by atoms with Crippen LogP contribution in [-0.4, -0.2) is 81.5 Å². The van der Waals surface area contributed by atoms with Gasteiger partial charge in [0.15, 0.2) is 0 Å². The zero-order valence-corrected chi connectivity index (χ0v) is 14.4. The van der Waals surface area contributed by atoms with Crippen LogP contribution in [-0.2, 0) is 19.7 Å². The van der Waals surface area contributed by atoms with E-state index in [0.29, 0.717) is 52.5 Å². The Morgan fingerprint density at radius 2 is 1.70 bits per heavy atom. The van der Waals surface area contributed by atoms with Crippen LogP contribution in [0.5, 0.6) is 0 Å². The molecule has 0 N–H and O–H groups in total. The molecule has 0 aromatic rings. The van der Waals surface area contributed by atoms with Gasteiger partial charge in [0.1, 0.15) is 0 Å². The first kappa shape index (κ1) is 16.8. The molecule has 2 aliphatic heterocycles. The van der Waals surface area contributed by atoms with Gasteiger partial charge in [-0.25, -0.2) is 0 Å². The Bertz CT molecular complexity index is 574. The van der Waals surface area contributed by atoms with Crippen LogP contribution < -0.4 is 0 Å². The minimum atomic E-state index is -3.35. The number of methoxy groups -OCH3 is 1. The molecule has 0 atom stereocenters. The van der Waals surface area contributed by atoms with E-state index in [9.17, 15) is 8.42 Å². The fourth-order valence-electron chi connectivity index (χ4n) is 3.16. The second kappa shape index (κ2) is 7.21. The Morgan fingerprint density at radius 1 is 1.04 bits per heavy atom. The van der Waals surface area contributed by atoms with E-state index in [1.807, 2.05) is 0 Å². The fourth-order valence-corrected chi connectivity index (χ4v) is 4.72. The molecule has 0 aromatic carbocycles. The summed E-state index contributed by atoms with van der Waals surface area (Å²) in [6, 6.07) is 0. The number of allylic oxidation sites excluding steroid dienone is 3. The summed E-state index contributed by atoms with van der Waals surface area (Å²) in [5, 5.41) is 0. The van der Waals surface area contributed by atoms with E-state index in [2.05, 4.69) is 17.1 Å². The molecular weight excluding hydrogens is 318 g/mol. The molecule has 130 valence electrons. The Labute approximate surface area is 138 Å². The lowest BCUT2D eigenvalue weighted by molar-refractivity contribution is 0.0690. The normalized spacial score (nSPS) is 25.0. The number of rotatable bonds is 4. The predicted octanol–water partition coefficient (Wildman–Crippen LogP) is 0.389. The molecule has 1 aliphatic carbocycles. The minimum absolute atomic E-state index is 0.452. The molecule has 23 heavy (non-hydrogen) atoms. The predicted molar refractivity (Wildman–Crippen MR) is 86.9 cm³/mol. The lowest BCUT2D eigenvalue weighted by Crippen LogP contribution is -2.54. The molecule has 2 heterocycles. The van der Waals surface area contributed by atoms with Gasteiger partial charge in [-0.3, -0.25) is 0 Å². The Morgan fingerprint density at radius 3 is 2.35 bits per heavy atom. The average Bonchev–Trinajstić information content (AvgIpc) is 2.62. The molecule has 0 radical (unpaired) electrons. The summed E-state index contributed by atoms with van der Waals surface area (Å²) in [7, 11) is -1.66. The van der Waals surface area contributed by atoms with Crippen molar-refractivity contribution in [1.82, 2.24) is 13.5 Å². The van der Waals surface area contributed by atoms with Gasteiger partial charge in [-0.05, 0) is 12.5 Å². The zero-order valence-electron chi connectivity index (χ0n) is 13.6. The van der Waals surface area contributed by atoms with Crippen molar-refractivity contribution in [2.24, 2.45) is 0 Å². The van der Waals surface area contributed by atoms with Crippen molar-refractivity contribution in [3.05, 3.63) is 23.6 Å². The molecule has 0 amide bonds. The van der Waals surface area contributed by atoms with E-state index in [1.165, 1.54) is 4.31 Å². The van der Waals surface area contributed by atoms with Crippen molar-refractivity contribution in [3.8, 4) is 0 Å². The molecule has 7 nitrogen and oxygen atoms in total. The summed E-state index contributed by atoms with van der Waals surface area (Å²) >= 11 is 0. The highest BCUT2D eigenvalue weighted by atomic mass is 32.2. The van der Waals surface area contributed by atoms with Crippen LogP contribution in [0.25, 0.3) is 0 Å². The molecule has 0 saturated carbocycles. The minimum Gasteiger partial charge on any atom is -0.501 e. The maximum atomic E-state index is 12.7. The van der Waals surface area contributed by atoms with E-state index in [1.54, 1.807) is 11.4 Å². The molecule has 2 fully saturated rings. The van der Waals surface area contributed by atoms with Crippen LogP contribution >= 0.6 is 0 Å². The number of morpholine rings is 1. The number of piperazine rings is 1. The third-order valence-corrected chi connectivity index (χ3v) is 6.58. The smallest absolute Gasteiger partial charge is 0.282 e. The van der Waals surface area contributed by atoms with E-state index in [4.69, 9.17) is 9.47 Å². The molecule has 0 aromatic heterocycles. The van der Waals surface area contributed by atoms with E-state index >= 15 is 0 Å². The molecule has 0 spiro atoms. The van der Waals surface area contributed by atoms with Crippen molar-refractivity contribution in [3.63, 3.8) is 0 Å². The third-order valence-electron chi connectivity index (χ3n) is 4.54. The van der Waals surface area contributed by atoms with Gasteiger partial charge >= 0.3 is 0 Å². The molecular formula is C15H25N3O4S. The maximum absolute atomic E-state index is 12.7. The zero-order chi connectivity index (χ0) is 16.3. The highest BCUT2D eigenvalue weighted by Gasteiger charge is 2.33. The topological polar surface area (TPSA) is 62.3 Å². The monoisotopic (exact) mass is 343 g/mol. The van der Waals surface area contributed by atoms with Crippen molar-refractivity contribution in [2.75, 3.05) is 59.6 Å². The summed E-state index contributed by atoms with van der Waals surface area (Å²) < 4.78 is 39.0. The molecule has 8 heteroatoms. The summed E-state index contributed by atoms with van der Waals surface area (Å²) in [5.74, 6) is 0.992. The van der Waals surface area contributed by atoms with E-state index < -0.39 is 10.2 Å². The lowest BCUT2D eigenvalue weighted by Gasteiger charge is -2.39. The van der Waals surface area contributed by atoms with Crippen LogP contribution in [0.15, 0.2) is 23.6 Å². The second-order valence-electron chi connectivity index (χ2n) is 5.89. The van der Waals surface area contributed by atoms with Crippen LogP contribution in [0.4, 0.5) is 0 Å². The first-order chi connectivity index (χ1) is 11.1. The largest absolute Gasteiger partial charge is 0.501 e. The summed E-state index contributed by atoms with van der Waals surface area (Å²) in [6.07, 6.45) is 6.18. The van der Waals surface area contributed by atoms with Crippen LogP contribution in [0.3, 0.4) is 0 Å². The van der Waals surface area contributed by atoms with Gasteiger partial charge in [0.2, 0.25) is 0 Å². The van der Waals surface area contributed by atoms with Gasteiger partial charge in [-0.1, -0.05) is 6.08 Å². The molecule has 3 rings (SSSR count). The maximum Gasteiger partial charge on any atom is 0.282 e. The summed E-state index contributed by atoms with van der Waals surface area (Å²) in [6.45, 7) is 4.33. The van der Waals surface area contributed by atoms with E-state index in [-0.39, 0.29) is 0 Å². The van der Waals surface area contributed by atoms with Gasteiger partial charge in [0.05, 0.1) is 26.1 Å². The Kier molecular flexibility index (Phi) is 5.25. The first-order valence-electron chi connectivity index (χ1n) is 8.14. The molecule has 2 saturated heterocycles. The second-order valence-corrected chi connectivity index (χ2v) is 7.82. The van der Waals surface area contributed by atoms with Gasteiger partial charge in [-0.2, -0.15) is 17.0 Å². The highest BCUT2D eigenvalue weighted by molar-refractivity contribution is 7.86. The van der Waals surface area contributed by atoms with E-state index in [0.717, 1.165) is 24.3 Å². The fraction of sp³-hybridized carbons (Fsp3) is 0.733. The number of nitrogens with zero attached hydrogens (tertiary/aromatic N) is 3. The number of ether oxygens (including phenoxy) is 2. The average molecular weight is 343 g/mol. The van der Waals surface area contributed by atoms with Gasteiger partial charge < -0.3 is 14.4 Å². The lowest BCUT2D eigenvalue weighted by atomic mass is 10.1. The summed E-state index contributed by atoms with van der Waals surface area (Å²) in [4.78, 5) is 2.24. The number of hydrogen-bond donors (Lipinski definition) is 0. The molecule has 0 unspecified atom stereocenters. The van der Waals surface area contributed by atoms with Crippen molar-refractivity contribution < 1.29 is 17.9 Å². The van der Waals surface area contributed by atoms with Gasteiger partial charge in [0, 0.05) is 51.4 Å². The van der Waals surface area contributed by atoms with Gasteiger partial charge in [0.25, 0.3) is 10.2 Å². The SMILES string of the molecule is COC1=CC(N2CCN(S(=O)(=O)N3CCOCC3)CC2)=CCC1. The van der Waals surface area contributed by atoms with Crippen LogP contribution in [0, 0.1) is 0 Å². The van der Waals surface area contributed by atoms with Crippen molar-refractivity contribution in [2.45, 2.75) is 12.8 Å². The molecule has 0 bridgehead atoms. The number of hydrogen-bond acceptors (Lipinski definition) is 5. The van der Waals surface area contributed by atoms with Crippen LogP contribution in [0.1, 0.15) is 12.8 Å². The van der Waals surface area contributed by atoms with Crippen LogP contribution in [0.2, 0.25) is 0 Å². The molecule has 3 aliphatic rings. The summed E-state index contributed by atoms with van der Waals surface area (Å²) in [5.41, 5.74) is 1.15. The Hall–Kier alpha value is -1.09. The van der Waals surface area contributed by atoms with Crippen molar-refractivity contribution >= 4 is 10.2 Å². The highest BCUT2D eigenvalue weighted by Crippen LogP contribution is 2.23.